The number of hydrogen-bond acceptors (Lipinski definition) is 2. The third-order valence-corrected chi connectivity index (χ3v) is 3.45. The quantitative estimate of drug-likeness (QED) is 0.553. The van der Waals surface area contributed by atoms with E-state index in [-0.39, 0.29) is 5.91 Å². The highest BCUT2D eigenvalue weighted by Crippen LogP contribution is 2.25. The maximum atomic E-state index is 11.7. The van der Waals surface area contributed by atoms with Gasteiger partial charge in [-0.1, -0.05) is 39.5 Å². The Morgan fingerprint density at radius 1 is 1.12 bits per heavy atom. The van der Waals surface area contributed by atoms with Crippen molar-refractivity contribution in [2.75, 3.05) is 13.1 Å². The molecule has 0 atom stereocenters. The zero-order chi connectivity index (χ0) is 12.5. The SMILES string of the molecule is CC(C)NCCNC(=O)CC1CCCCCC1. The zero-order valence-electron chi connectivity index (χ0n) is 11.4. The predicted molar refractivity (Wildman–Crippen MR) is 72.0 cm³/mol. The molecule has 3 nitrogen and oxygen atoms in total. The van der Waals surface area contributed by atoms with E-state index in [1.54, 1.807) is 0 Å². The maximum absolute atomic E-state index is 11.7. The van der Waals surface area contributed by atoms with Crippen molar-refractivity contribution in [2.45, 2.75) is 64.8 Å². The zero-order valence-corrected chi connectivity index (χ0v) is 11.4. The van der Waals surface area contributed by atoms with Crippen LogP contribution >= 0.6 is 0 Å². The van der Waals surface area contributed by atoms with Crippen LogP contribution in [0, 0.1) is 5.92 Å². The lowest BCUT2D eigenvalue weighted by molar-refractivity contribution is -0.122. The van der Waals surface area contributed by atoms with Gasteiger partial charge in [-0.3, -0.25) is 4.79 Å². The first-order chi connectivity index (χ1) is 8.18. The van der Waals surface area contributed by atoms with E-state index in [4.69, 9.17) is 0 Å². The van der Waals surface area contributed by atoms with Crippen molar-refractivity contribution >= 4 is 5.91 Å². The molecule has 1 aliphatic rings. The fraction of sp³-hybridized carbons (Fsp3) is 0.929. The number of carbonyl (C=O) groups excluding carboxylic acids is 1. The molecule has 0 aromatic carbocycles. The maximum Gasteiger partial charge on any atom is 0.220 e. The molecule has 1 fully saturated rings. The molecule has 1 aliphatic carbocycles. The molecule has 0 aromatic rings. The molecule has 0 aromatic heterocycles. The van der Waals surface area contributed by atoms with E-state index >= 15 is 0 Å². The number of rotatable bonds is 6. The standard InChI is InChI=1S/C14H28N2O/c1-12(2)15-9-10-16-14(17)11-13-7-5-3-4-6-8-13/h12-13,15H,3-11H2,1-2H3,(H,16,17). The monoisotopic (exact) mass is 240 g/mol. The van der Waals surface area contributed by atoms with Crippen molar-refractivity contribution in [1.82, 2.24) is 10.6 Å². The van der Waals surface area contributed by atoms with Crippen LogP contribution in [0.15, 0.2) is 0 Å². The lowest BCUT2D eigenvalue weighted by Crippen LogP contribution is -2.35. The summed E-state index contributed by atoms with van der Waals surface area (Å²) in [5, 5.41) is 6.30. The van der Waals surface area contributed by atoms with Crippen LogP contribution in [0.1, 0.15) is 58.8 Å². The molecule has 2 N–H and O–H groups in total. The van der Waals surface area contributed by atoms with Crippen LogP contribution < -0.4 is 10.6 Å². The smallest absolute Gasteiger partial charge is 0.220 e. The second-order valence-electron chi connectivity index (χ2n) is 5.52. The molecule has 0 saturated heterocycles. The minimum absolute atomic E-state index is 0.238. The third-order valence-electron chi connectivity index (χ3n) is 3.45. The molecule has 17 heavy (non-hydrogen) atoms. The van der Waals surface area contributed by atoms with Gasteiger partial charge in [0.25, 0.3) is 0 Å². The van der Waals surface area contributed by atoms with Crippen molar-refractivity contribution in [3.05, 3.63) is 0 Å². The lowest BCUT2D eigenvalue weighted by Gasteiger charge is -2.14. The van der Waals surface area contributed by atoms with Crippen molar-refractivity contribution < 1.29 is 4.79 Å². The average Bonchev–Trinajstić information content (AvgIpc) is 2.53. The van der Waals surface area contributed by atoms with Gasteiger partial charge in [0, 0.05) is 25.6 Å². The first-order valence-electron chi connectivity index (χ1n) is 7.18. The average molecular weight is 240 g/mol. The van der Waals surface area contributed by atoms with Gasteiger partial charge >= 0.3 is 0 Å². The van der Waals surface area contributed by atoms with E-state index in [9.17, 15) is 4.79 Å². The Labute approximate surface area is 106 Å². The molecule has 0 aliphatic heterocycles. The highest BCUT2D eigenvalue weighted by atomic mass is 16.1. The van der Waals surface area contributed by atoms with Crippen LogP contribution in [0.2, 0.25) is 0 Å². The molecule has 100 valence electrons. The Balaban J connectivity index is 2.07. The summed E-state index contributed by atoms with van der Waals surface area (Å²) in [4.78, 5) is 11.7. The lowest BCUT2D eigenvalue weighted by atomic mass is 9.96. The number of hydrogen-bond donors (Lipinski definition) is 2. The first-order valence-corrected chi connectivity index (χ1v) is 7.18. The number of nitrogens with one attached hydrogen (secondary N) is 2. The Hall–Kier alpha value is -0.570. The Bertz CT molecular complexity index is 208. The number of carbonyl (C=O) groups is 1. The minimum atomic E-state index is 0.238. The summed E-state index contributed by atoms with van der Waals surface area (Å²) >= 11 is 0. The van der Waals surface area contributed by atoms with Gasteiger partial charge in [-0.05, 0) is 18.8 Å². The molecule has 0 unspecified atom stereocenters. The van der Waals surface area contributed by atoms with Crippen LogP contribution in [0.5, 0.6) is 0 Å². The molecule has 1 amide bonds. The third kappa shape index (κ3) is 7.37. The second-order valence-corrected chi connectivity index (χ2v) is 5.52. The summed E-state index contributed by atoms with van der Waals surface area (Å²) in [5.41, 5.74) is 0. The second kappa shape index (κ2) is 8.51. The fourth-order valence-electron chi connectivity index (χ4n) is 2.47. The topological polar surface area (TPSA) is 41.1 Å². The van der Waals surface area contributed by atoms with Crippen LogP contribution in [0.25, 0.3) is 0 Å². The van der Waals surface area contributed by atoms with Gasteiger partial charge in [-0.2, -0.15) is 0 Å². The molecular weight excluding hydrogens is 212 g/mol. The van der Waals surface area contributed by atoms with Crippen molar-refractivity contribution in [3.8, 4) is 0 Å². The normalized spacial score (nSPS) is 18.1. The van der Waals surface area contributed by atoms with E-state index < -0.39 is 0 Å². The molecular formula is C14H28N2O. The molecule has 3 heteroatoms. The van der Waals surface area contributed by atoms with Gasteiger partial charge in [-0.15, -0.1) is 0 Å². The van der Waals surface area contributed by atoms with Gasteiger partial charge in [-0.25, -0.2) is 0 Å². The van der Waals surface area contributed by atoms with Gasteiger partial charge in [0.05, 0.1) is 0 Å². The van der Waals surface area contributed by atoms with E-state index in [1.165, 1.54) is 38.5 Å². The van der Waals surface area contributed by atoms with Crippen LogP contribution in [0.3, 0.4) is 0 Å². The van der Waals surface area contributed by atoms with Crippen molar-refractivity contribution in [3.63, 3.8) is 0 Å². The molecule has 0 spiro atoms. The summed E-state index contributed by atoms with van der Waals surface area (Å²) in [5.74, 6) is 0.873. The van der Waals surface area contributed by atoms with E-state index in [0.717, 1.165) is 19.5 Å². The minimum Gasteiger partial charge on any atom is -0.355 e. The fourth-order valence-corrected chi connectivity index (χ4v) is 2.47. The van der Waals surface area contributed by atoms with E-state index in [1.807, 2.05) is 0 Å². The van der Waals surface area contributed by atoms with Gasteiger partial charge < -0.3 is 10.6 Å². The van der Waals surface area contributed by atoms with Gasteiger partial charge in [0.15, 0.2) is 0 Å². The van der Waals surface area contributed by atoms with Gasteiger partial charge in [0.2, 0.25) is 5.91 Å². The summed E-state index contributed by atoms with van der Waals surface area (Å²) in [7, 11) is 0. The summed E-state index contributed by atoms with van der Waals surface area (Å²) in [6.45, 7) is 5.86. The van der Waals surface area contributed by atoms with Crippen LogP contribution in [0.4, 0.5) is 0 Å². The molecule has 0 heterocycles. The van der Waals surface area contributed by atoms with Crippen molar-refractivity contribution in [2.24, 2.45) is 5.92 Å². The van der Waals surface area contributed by atoms with Crippen LogP contribution in [-0.2, 0) is 4.79 Å². The van der Waals surface area contributed by atoms with E-state index in [0.29, 0.717) is 12.0 Å². The van der Waals surface area contributed by atoms with Crippen molar-refractivity contribution in [1.29, 1.82) is 0 Å². The van der Waals surface area contributed by atoms with Crippen LogP contribution in [-0.4, -0.2) is 25.0 Å². The number of amides is 1. The summed E-state index contributed by atoms with van der Waals surface area (Å²) < 4.78 is 0. The van der Waals surface area contributed by atoms with E-state index in [2.05, 4.69) is 24.5 Å². The summed E-state index contributed by atoms with van der Waals surface area (Å²) in [6.07, 6.45) is 8.57. The molecule has 0 radical (unpaired) electrons. The summed E-state index contributed by atoms with van der Waals surface area (Å²) in [6, 6.07) is 0.494. The highest BCUT2D eigenvalue weighted by molar-refractivity contribution is 5.76. The Morgan fingerprint density at radius 3 is 2.35 bits per heavy atom. The highest BCUT2D eigenvalue weighted by Gasteiger charge is 2.15. The van der Waals surface area contributed by atoms with Gasteiger partial charge in [0.1, 0.15) is 0 Å². The molecule has 0 bridgehead atoms. The molecule has 1 saturated carbocycles. The molecule has 1 rings (SSSR count). The largest absolute Gasteiger partial charge is 0.355 e. The predicted octanol–water partition coefficient (Wildman–Crippen LogP) is 2.46. The first kappa shape index (κ1) is 14.5. The Morgan fingerprint density at radius 2 is 1.76 bits per heavy atom. The Kier molecular flexibility index (Phi) is 7.25.